The zero-order valence-electron chi connectivity index (χ0n) is 11.3. The Morgan fingerprint density at radius 3 is 2.44 bits per heavy atom. The van der Waals surface area contributed by atoms with E-state index in [0.717, 1.165) is 18.1 Å². The Kier molecular flexibility index (Phi) is 6.78. The van der Waals surface area contributed by atoms with Crippen molar-refractivity contribution in [2.75, 3.05) is 26.1 Å². The average Bonchev–Trinajstić information content (AvgIpc) is 2.35. The van der Waals surface area contributed by atoms with Crippen molar-refractivity contribution in [1.82, 2.24) is 10.2 Å². The second-order valence-corrected chi connectivity index (χ2v) is 6.08. The first-order valence-electron chi connectivity index (χ1n) is 6.57. The van der Waals surface area contributed by atoms with Gasteiger partial charge in [0.05, 0.1) is 0 Å². The first-order valence-corrected chi connectivity index (χ1v) is 7.96. The lowest BCUT2D eigenvalue weighted by Crippen LogP contribution is -2.43. The maximum atomic E-state index is 3.41. The van der Waals surface area contributed by atoms with Gasteiger partial charge in [0.1, 0.15) is 0 Å². The van der Waals surface area contributed by atoms with Gasteiger partial charge in [-0.3, -0.25) is 0 Å². The normalized spacial score (nSPS) is 28.3. The van der Waals surface area contributed by atoms with E-state index in [4.69, 9.17) is 0 Å². The molecule has 0 aliphatic heterocycles. The molecule has 0 aromatic rings. The molecule has 0 heterocycles. The highest BCUT2D eigenvalue weighted by Gasteiger charge is 2.25. The third-order valence-electron chi connectivity index (χ3n) is 4.12. The molecule has 1 atom stereocenters. The first-order chi connectivity index (χ1) is 7.69. The van der Waals surface area contributed by atoms with Crippen molar-refractivity contribution in [3.63, 3.8) is 0 Å². The van der Waals surface area contributed by atoms with Crippen molar-refractivity contribution in [1.29, 1.82) is 0 Å². The maximum Gasteiger partial charge on any atom is 0.00961 e. The molecule has 16 heavy (non-hydrogen) atoms. The molecule has 3 heteroatoms. The van der Waals surface area contributed by atoms with Crippen LogP contribution in [0.25, 0.3) is 0 Å². The van der Waals surface area contributed by atoms with Gasteiger partial charge in [-0.1, -0.05) is 0 Å². The molecule has 1 fully saturated rings. The van der Waals surface area contributed by atoms with Gasteiger partial charge in [0.15, 0.2) is 0 Å². The van der Waals surface area contributed by atoms with Crippen LogP contribution < -0.4 is 5.32 Å². The molecule has 1 N–H and O–H groups in total. The van der Waals surface area contributed by atoms with E-state index in [0.29, 0.717) is 0 Å². The van der Waals surface area contributed by atoms with Crippen LogP contribution >= 0.6 is 11.8 Å². The van der Waals surface area contributed by atoms with E-state index in [9.17, 15) is 0 Å². The van der Waals surface area contributed by atoms with Gasteiger partial charge in [-0.25, -0.2) is 0 Å². The van der Waals surface area contributed by atoms with Crippen LogP contribution in [0.1, 0.15) is 39.0 Å². The molecule has 0 aromatic heterocycles. The molecule has 0 bridgehead atoms. The van der Waals surface area contributed by atoms with Crippen molar-refractivity contribution < 1.29 is 0 Å². The molecule has 1 unspecified atom stereocenters. The topological polar surface area (TPSA) is 15.3 Å². The van der Waals surface area contributed by atoms with Crippen LogP contribution in [0.15, 0.2) is 0 Å². The van der Waals surface area contributed by atoms with Crippen molar-refractivity contribution in [2.24, 2.45) is 0 Å². The lowest BCUT2D eigenvalue weighted by Gasteiger charge is -2.38. The average molecular weight is 244 g/mol. The quantitative estimate of drug-likeness (QED) is 0.773. The van der Waals surface area contributed by atoms with Crippen LogP contribution in [-0.2, 0) is 0 Å². The maximum absolute atomic E-state index is 3.41. The van der Waals surface area contributed by atoms with Crippen LogP contribution in [-0.4, -0.2) is 49.1 Å². The molecule has 1 rings (SSSR count). The molecule has 96 valence electrons. The molecule has 0 saturated heterocycles. The second-order valence-electron chi connectivity index (χ2n) is 5.09. The van der Waals surface area contributed by atoms with Gasteiger partial charge < -0.3 is 10.2 Å². The Bertz CT molecular complexity index is 179. The molecule has 0 spiro atoms. The van der Waals surface area contributed by atoms with Crippen LogP contribution in [0.2, 0.25) is 0 Å². The highest BCUT2D eigenvalue weighted by atomic mass is 32.2. The van der Waals surface area contributed by atoms with Gasteiger partial charge in [0.25, 0.3) is 0 Å². The Hall–Kier alpha value is 0.270. The number of hydrogen-bond acceptors (Lipinski definition) is 3. The predicted molar refractivity (Wildman–Crippen MR) is 75.3 cm³/mol. The first kappa shape index (κ1) is 14.3. The minimum absolute atomic E-state index is 0.739. The molecular weight excluding hydrogens is 216 g/mol. The molecule has 2 nitrogen and oxygen atoms in total. The van der Waals surface area contributed by atoms with Gasteiger partial charge in [-0.2, -0.15) is 11.8 Å². The Morgan fingerprint density at radius 2 is 1.94 bits per heavy atom. The summed E-state index contributed by atoms with van der Waals surface area (Å²) in [6, 6.07) is 2.33. The monoisotopic (exact) mass is 244 g/mol. The fraction of sp³-hybridized carbons (Fsp3) is 1.00. The molecule has 0 radical (unpaired) electrons. The smallest absolute Gasteiger partial charge is 0.00961 e. The summed E-state index contributed by atoms with van der Waals surface area (Å²) in [5.74, 6) is 1.29. The predicted octanol–water partition coefficient (Wildman–Crippen LogP) is 2.59. The van der Waals surface area contributed by atoms with E-state index in [1.165, 1.54) is 37.9 Å². The van der Waals surface area contributed by atoms with Gasteiger partial charge in [-0.15, -0.1) is 0 Å². The van der Waals surface area contributed by atoms with Crippen molar-refractivity contribution in [2.45, 2.75) is 57.2 Å². The minimum Gasteiger partial charge on any atom is -0.317 e. The van der Waals surface area contributed by atoms with Gasteiger partial charge in [-0.05, 0) is 65.1 Å². The molecular formula is C13H28N2S. The number of thioether (sulfide) groups is 1. The van der Waals surface area contributed by atoms with E-state index >= 15 is 0 Å². The minimum atomic E-state index is 0.739. The highest BCUT2D eigenvalue weighted by molar-refractivity contribution is 7.98. The SMILES string of the molecule is CNC1CCC(N(C)C(C)CCSC)CC1. The fourth-order valence-electron chi connectivity index (χ4n) is 2.62. The van der Waals surface area contributed by atoms with Crippen LogP contribution in [0.3, 0.4) is 0 Å². The summed E-state index contributed by atoms with van der Waals surface area (Å²) in [4.78, 5) is 2.61. The Morgan fingerprint density at radius 1 is 1.31 bits per heavy atom. The summed E-state index contributed by atoms with van der Waals surface area (Å²) >= 11 is 1.96. The van der Waals surface area contributed by atoms with E-state index in [-0.39, 0.29) is 0 Å². The molecule has 1 saturated carbocycles. The highest BCUT2D eigenvalue weighted by Crippen LogP contribution is 2.24. The van der Waals surface area contributed by atoms with E-state index in [1.807, 2.05) is 11.8 Å². The van der Waals surface area contributed by atoms with Crippen LogP contribution in [0.5, 0.6) is 0 Å². The third kappa shape index (κ3) is 4.27. The molecule has 0 aromatic carbocycles. The molecule has 1 aliphatic rings. The fourth-order valence-corrected chi connectivity index (χ4v) is 3.20. The largest absolute Gasteiger partial charge is 0.317 e. The second kappa shape index (κ2) is 7.57. The van der Waals surface area contributed by atoms with Crippen LogP contribution in [0.4, 0.5) is 0 Å². The third-order valence-corrected chi connectivity index (χ3v) is 4.76. The lowest BCUT2D eigenvalue weighted by molar-refractivity contribution is 0.134. The van der Waals surface area contributed by atoms with Crippen molar-refractivity contribution >= 4 is 11.8 Å². The van der Waals surface area contributed by atoms with E-state index < -0.39 is 0 Å². The van der Waals surface area contributed by atoms with E-state index in [2.05, 4.69) is 37.5 Å². The zero-order valence-corrected chi connectivity index (χ0v) is 12.1. The Labute approximate surface area is 106 Å². The molecule has 1 aliphatic carbocycles. The molecule has 0 amide bonds. The summed E-state index contributed by atoms with van der Waals surface area (Å²) in [6.45, 7) is 2.38. The van der Waals surface area contributed by atoms with Gasteiger partial charge in [0.2, 0.25) is 0 Å². The summed E-state index contributed by atoms with van der Waals surface area (Å²) in [5.41, 5.74) is 0. The van der Waals surface area contributed by atoms with Crippen LogP contribution in [0, 0.1) is 0 Å². The number of hydrogen-bond donors (Lipinski definition) is 1. The summed E-state index contributed by atoms with van der Waals surface area (Å²) in [5, 5.41) is 3.41. The lowest BCUT2D eigenvalue weighted by atomic mass is 9.90. The van der Waals surface area contributed by atoms with E-state index in [1.54, 1.807) is 0 Å². The number of nitrogens with one attached hydrogen (secondary N) is 1. The summed E-state index contributed by atoms with van der Waals surface area (Å²) < 4.78 is 0. The van der Waals surface area contributed by atoms with Crippen molar-refractivity contribution in [3.8, 4) is 0 Å². The van der Waals surface area contributed by atoms with Gasteiger partial charge >= 0.3 is 0 Å². The number of nitrogens with zero attached hydrogens (tertiary/aromatic N) is 1. The van der Waals surface area contributed by atoms with Crippen molar-refractivity contribution in [3.05, 3.63) is 0 Å². The standard InChI is InChI=1S/C13H28N2S/c1-11(9-10-16-4)15(3)13-7-5-12(14-2)6-8-13/h11-14H,5-10H2,1-4H3. The number of rotatable bonds is 6. The Balaban J connectivity index is 2.29. The van der Waals surface area contributed by atoms with Gasteiger partial charge in [0, 0.05) is 18.1 Å². The zero-order chi connectivity index (χ0) is 12.0. The summed E-state index contributed by atoms with van der Waals surface area (Å²) in [6.07, 6.45) is 8.95. The summed E-state index contributed by atoms with van der Waals surface area (Å²) in [7, 11) is 4.41.